The smallest absolute Gasteiger partial charge is 0.242 e. The van der Waals surface area contributed by atoms with Crippen LogP contribution >= 0.6 is 11.6 Å². The van der Waals surface area contributed by atoms with Crippen LogP contribution in [0, 0.1) is 6.92 Å². The maximum Gasteiger partial charge on any atom is 0.242 e. The number of nitrogens with zero attached hydrogens (tertiary/aromatic N) is 1. The Kier molecular flexibility index (Phi) is 5.31. The molecule has 2 aromatic carbocycles. The Labute approximate surface area is 163 Å². The Morgan fingerprint density at radius 2 is 1.89 bits per heavy atom. The van der Waals surface area contributed by atoms with Gasteiger partial charge in [-0.25, -0.2) is 25.9 Å². The molecule has 0 atom stereocenters. The number of carbonyl (C=O) groups is 1. The molecule has 2 aromatic rings. The van der Waals surface area contributed by atoms with Gasteiger partial charge in [-0.05, 0) is 36.2 Å². The average Bonchev–Trinajstić information content (AvgIpc) is 2.88. The van der Waals surface area contributed by atoms with Gasteiger partial charge in [-0.15, -0.1) is 0 Å². The summed E-state index contributed by atoms with van der Waals surface area (Å²) in [6, 6.07) is 10.9. The van der Waals surface area contributed by atoms with E-state index in [1.165, 1.54) is 18.2 Å². The molecular formula is C17H17ClN2O5S2. The van der Waals surface area contributed by atoms with Crippen molar-refractivity contribution in [2.24, 2.45) is 0 Å². The third-order valence-electron chi connectivity index (χ3n) is 4.18. The van der Waals surface area contributed by atoms with Gasteiger partial charge in [-0.1, -0.05) is 35.9 Å². The van der Waals surface area contributed by atoms with Crippen LogP contribution in [-0.4, -0.2) is 28.5 Å². The van der Waals surface area contributed by atoms with E-state index in [2.05, 4.69) is 4.72 Å². The second kappa shape index (κ2) is 7.23. The molecule has 1 N–H and O–H groups in total. The number of anilines is 1. The van der Waals surface area contributed by atoms with Crippen molar-refractivity contribution in [3.63, 3.8) is 0 Å². The van der Waals surface area contributed by atoms with Crippen molar-refractivity contribution < 1.29 is 21.6 Å². The zero-order valence-corrected chi connectivity index (χ0v) is 16.7. The van der Waals surface area contributed by atoms with Crippen molar-refractivity contribution in [2.45, 2.75) is 24.8 Å². The van der Waals surface area contributed by atoms with E-state index in [0.717, 1.165) is 0 Å². The highest BCUT2D eigenvalue weighted by Gasteiger charge is 2.36. The number of aryl methyl sites for hydroxylation is 1. The number of amides is 1. The summed E-state index contributed by atoms with van der Waals surface area (Å²) in [5, 5.41) is 0.430. The fraction of sp³-hybridized carbons (Fsp3) is 0.235. The third kappa shape index (κ3) is 4.01. The molecule has 0 spiro atoms. The number of nitrogens with one attached hydrogen (secondary N) is 1. The van der Waals surface area contributed by atoms with Gasteiger partial charge >= 0.3 is 0 Å². The lowest BCUT2D eigenvalue weighted by atomic mass is 10.2. The molecule has 0 aromatic heterocycles. The zero-order valence-electron chi connectivity index (χ0n) is 14.3. The lowest BCUT2D eigenvalue weighted by molar-refractivity contribution is -0.116. The highest BCUT2D eigenvalue weighted by Crippen LogP contribution is 2.29. The molecular weight excluding hydrogens is 412 g/mol. The van der Waals surface area contributed by atoms with Crippen LogP contribution in [-0.2, 0) is 31.4 Å². The molecule has 0 unspecified atom stereocenters. The van der Waals surface area contributed by atoms with E-state index in [1.807, 2.05) is 0 Å². The normalized spacial score (nSPS) is 16.7. The molecule has 3 rings (SSSR count). The van der Waals surface area contributed by atoms with Gasteiger partial charge in [0.15, 0.2) is 0 Å². The Hall–Kier alpha value is -1.94. The summed E-state index contributed by atoms with van der Waals surface area (Å²) in [6.07, 6.45) is -0.122. The molecule has 0 radical (unpaired) electrons. The van der Waals surface area contributed by atoms with Crippen LogP contribution in [0.5, 0.6) is 0 Å². The molecule has 27 heavy (non-hydrogen) atoms. The van der Waals surface area contributed by atoms with Gasteiger partial charge in [-0.3, -0.25) is 4.79 Å². The van der Waals surface area contributed by atoms with Crippen molar-refractivity contribution in [3.8, 4) is 0 Å². The van der Waals surface area contributed by atoms with Gasteiger partial charge in [0.25, 0.3) is 0 Å². The largest absolute Gasteiger partial charge is 0.273 e. The standard InChI is InChI=1S/C17H17ClN2O5S2/c1-12-6-7-14(20-17(21)8-9-26(20,22)23)10-16(12)27(24,25)19-11-13-4-2-3-5-15(13)18/h2-7,10,19H,8-9,11H2,1H3. The molecule has 7 nitrogen and oxygen atoms in total. The summed E-state index contributed by atoms with van der Waals surface area (Å²) in [4.78, 5) is 11.9. The van der Waals surface area contributed by atoms with E-state index in [0.29, 0.717) is 20.5 Å². The Morgan fingerprint density at radius 3 is 2.52 bits per heavy atom. The number of hydrogen-bond donors (Lipinski definition) is 1. The van der Waals surface area contributed by atoms with Gasteiger partial charge in [0.05, 0.1) is 16.3 Å². The number of benzene rings is 2. The minimum Gasteiger partial charge on any atom is -0.273 e. The molecule has 0 saturated carbocycles. The van der Waals surface area contributed by atoms with Crippen LogP contribution in [0.15, 0.2) is 47.4 Å². The molecule has 0 bridgehead atoms. The second-order valence-corrected chi connectivity index (χ2v) is 10.2. The van der Waals surface area contributed by atoms with E-state index in [9.17, 15) is 21.6 Å². The highest BCUT2D eigenvalue weighted by molar-refractivity contribution is 7.94. The van der Waals surface area contributed by atoms with Gasteiger partial charge in [0.2, 0.25) is 26.0 Å². The van der Waals surface area contributed by atoms with E-state index in [4.69, 9.17) is 11.6 Å². The van der Waals surface area contributed by atoms with Gasteiger partial charge in [-0.2, -0.15) is 0 Å². The van der Waals surface area contributed by atoms with Crippen LogP contribution in [0.3, 0.4) is 0 Å². The molecule has 144 valence electrons. The van der Waals surface area contributed by atoms with Gasteiger partial charge < -0.3 is 0 Å². The van der Waals surface area contributed by atoms with E-state index in [1.54, 1.807) is 31.2 Å². The summed E-state index contributed by atoms with van der Waals surface area (Å²) in [5.41, 5.74) is 1.05. The third-order valence-corrected chi connectivity index (χ3v) is 7.79. The highest BCUT2D eigenvalue weighted by atomic mass is 35.5. The van der Waals surface area contributed by atoms with Crippen LogP contribution in [0.25, 0.3) is 0 Å². The Bertz CT molecular complexity index is 1110. The van der Waals surface area contributed by atoms with Crippen LogP contribution in [0.2, 0.25) is 5.02 Å². The number of carbonyl (C=O) groups excluding carboxylic acids is 1. The maximum absolute atomic E-state index is 12.7. The minimum absolute atomic E-state index is 0.0150. The van der Waals surface area contributed by atoms with Crippen molar-refractivity contribution in [1.29, 1.82) is 0 Å². The topological polar surface area (TPSA) is 101 Å². The van der Waals surface area contributed by atoms with E-state index >= 15 is 0 Å². The molecule has 1 saturated heterocycles. The SMILES string of the molecule is Cc1ccc(N2C(=O)CCS2(=O)=O)cc1S(=O)(=O)NCc1ccccc1Cl. The van der Waals surface area contributed by atoms with Gasteiger partial charge in [0.1, 0.15) is 0 Å². The summed E-state index contributed by atoms with van der Waals surface area (Å²) >= 11 is 6.04. The predicted octanol–water partition coefficient (Wildman–Crippen LogP) is 2.19. The molecule has 1 aliphatic heterocycles. The second-order valence-electron chi connectivity index (χ2n) is 6.09. The van der Waals surface area contributed by atoms with E-state index < -0.39 is 26.0 Å². The molecule has 10 heteroatoms. The molecule has 1 fully saturated rings. The van der Waals surface area contributed by atoms with Crippen LogP contribution in [0.4, 0.5) is 5.69 Å². The van der Waals surface area contributed by atoms with Crippen molar-refractivity contribution >= 4 is 43.2 Å². The van der Waals surface area contributed by atoms with Crippen molar-refractivity contribution in [3.05, 3.63) is 58.6 Å². The monoisotopic (exact) mass is 428 g/mol. The maximum atomic E-state index is 12.7. The zero-order chi connectivity index (χ0) is 19.8. The Morgan fingerprint density at radius 1 is 1.19 bits per heavy atom. The summed E-state index contributed by atoms with van der Waals surface area (Å²) in [6.45, 7) is 1.57. The number of halogens is 1. The number of hydrogen-bond acceptors (Lipinski definition) is 5. The molecule has 1 amide bonds. The summed E-state index contributed by atoms with van der Waals surface area (Å²) in [5.74, 6) is -0.863. The predicted molar refractivity (Wildman–Crippen MR) is 103 cm³/mol. The first kappa shape index (κ1) is 19.8. The molecule has 1 aliphatic rings. The van der Waals surface area contributed by atoms with E-state index in [-0.39, 0.29) is 29.3 Å². The first-order valence-electron chi connectivity index (χ1n) is 8.01. The molecule has 1 heterocycles. The molecule has 0 aliphatic carbocycles. The fourth-order valence-electron chi connectivity index (χ4n) is 2.77. The van der Waals surface area contributed by atoms with Crippen LogP contribution in [0.1, 0.15) is 17.5 Å². The first-order valence-corrected chi connectivity index (χ1v) is 11.5. The van der Waals surface area contributed by atoms with Gasteiger partial charge in [0, 0.05) is 18.0 Å². The number of rotatable bonds is 5. The summed E-state index contributed by atoms with van der Waals surface area (Å²) < 4.78 is 52.8. The number of sulfonamides is 2. The minimum atomic E-state index is -3.95. The fourth-order valence-corrected chi connectivity index (χ4v) is 5.69. The lowest BCUT2D eigenvalue weighted by Crippen LogP contribution is -2.30. The first-order chi connectivity index (χ1) is 12.6. The van der Waals surface area contributed by atoms with Crippen molar-refractivity contribution in [2.75, 3.05) is 10.1 Å². The lowest BCUT2D eigenvalue weighted by Gasteiger charge is -2.17. The Balaban J connectivity index is 1.94. The summed E-state index contributed by atoms with van der Waals surface area (Å²) in [7, 11) is -7.73. The van der Waals surface area contributed by atoms with Crippen molar-refractivity contribution in [1.82, 2.24) is 4.72 Å². The van der Waals surface area contributed by atoms with Crippen LogP contribution < -0.4 is 9.03 Å². The quantitative estimate of drug-likeness (QED) is 0.786. The average molecular weight is 429 g/mol.